The van der Waals surface area contributed by atoms with Gasteiger partial charge in [-0.25, -0.2) is 8.42 Å². The number of likely N-dealkylation sites (tertiary alicyclic amines) is 1. The lowest BCUT2D eigenvalue weighted by atomic mass is 9.90. The Hall–Kier alpha value is -0.130. The van der Waals surface area contributed by atoms with Crippen LogP contribution in [-0.4, -0.2) is 57.0 Å². The van der Waals surface area contributed by atoms with Crippen LogP contribution in [0.3, 0.4) is 0 Å². The molecule has 2 heterocycles. The Morgan fingerprint density at radius 1 is 1.22 bits per heavy atom. The summed E-state index contributed by atoms with van der Waals surface area (Å²) in [5.41, 5.74) is 0. The smallest absolute Gasteiger partial charge is 0.151 e. The first-order chi connectivity index (χ1) is 8.46. The zero-order chi connectivity index (χ0) is 13.2. The molecule has 0 amide bonds. The molecule has 0 aliphatic carbocycles. The molecule has 2 saturated heterocycles. The van der Waals surface area contributed by atoms with Gasteiger partial charge >= 0.3 is 0 Å². The summed E-state index contributed by atoms with van der Waals surface area (Å²) in [4.78, 5) is 2.37. The largest absolute Gasteiger partial charge is 0.310 e. The molecule has 106 valence electrons. The fourth-order valence-electron chi connectivity index (χ4n) is 3.19. The number of nitrogens with one attached hydrogen (secondary N) is 1. The molecule has 1 N–H and O–H groups in total. The summed E-state index contributed by atoms with van der Waals surface area (Å²) < 4.78 is 23.2. The Bertz CT molecular complexity index is 361. The molecule has 0 saturated carbocycles. The van der Waals surface area contributed by atoms with Gasteiger partial charge in [-0.15, -0.1) is 0 Å². The van der Waals surface area contributed by atoms with Crippen molar-refractivity contribution in [3.8, 4) is 0 Å². The van der Waals surface area contributed by atoms with E-state index in [2.05, 4.69) is 24.2 Å². The van der Waals surface area contributed by atoms with Crippen LogP contribution in [0, 0.1) is 5.92 Å². The standard InChI is InChI=1S/C13H26N2O2S/c1-11(12-5-7-15(2)8-6-12)14-13-4-3-9-18(16,17)10-13/h11-14H,3-10H2,1-2H3. The minimum Gasteiger partial charge on any atom is -0.310 e. The molecule has 2 aliphatic rings. The first-order valence-electron chi connectivity index (χ1n) is 7.11. The lowest BCUT2D eigenvalue weighted by Crippen LogP contribution is -2.48. The van der Waals surface area contributed by atoms with Crippen molar-refractivity contribution in [1.82, 2.24) is 10.2 Å². The van der Waals surface area contributed by atoms with Gasteiger partial charge in [0.25, 0.3) is 0 Å². The van der Waals surface area contributed by atoms with Crippen molar-refractivity contribution in [1.29, 1.82) is 0 Å². The molecular weight excluding hydrogens is 248 g/mol. The summed E-state index contributed by atoms with van der Waals surface area (Å²) in [5.74, 6) is 1.42. The summed E-state index contributed by atoms with van der Waals surface area (Å²) in [6, 6.07) is 0.621. The number of nitrogens with zero attached hydrogens (tertiary/aromatic N) is 1. The summed E-state index contributed by atoms with van der Waals surface area (Å²) >= 11 is 0. The zero-order valence-corrected chi connectivity index (χ0v) is 12.4. The van der Waals surface area contributed by atoms with E-state index in [0.29, 0.717) is 23.5 Å². The lowest BCUT2D eigenvalue weighted by Gasteiger charge is -2.35. The van der Waals surface area contributed by atoms with Crippen LogP contribution in [0.2, 0.25) is 0 Å². The van der Waals surface area contributed by atoms with Crippen molar-refractivity contribution >= 4 is 9.84 Å². The van der Waals surface area contributed by atoms with E-state index in [-0.39, 0.29) is 6.04 Å². The van der Waals surface area contributed by atoms with Crippen LogP contribution in [-0.2, 0) is 9.84 Å². The summed E-state index contributed by atoms with van der Waals surface area (Å²) in [7, 11) is -0.619. The number of piperidine rings is 1. The first kappa shape index (κ1) is 14.3. The molecule has 2 unspecified atom stereocenters. The van der Waals surface area contributed by atoms with E-state index in [1.807, 2.05) is 0 Å². The SMILES string of the molecule is CC(NC1CCCS(=O)(=O)C1)C1CCN(C)CC1. The number of hydrogen-bond donors (Lipinski definition) is 1. The average molecular weight is 274 g/mol. The van der Waals surface area contributed by atoms with E-state index in [0.717, 1.165) is 12.8 Å². The quantitative estimate of drug-likeness (QED) is 0.830. The van der Waals surface area contributed by atoms with E-state index in [1.54, 1.807) is 0 Å². The second-order valence-corrected chi connectivity index (χ2v) is 8.28. The van der Waals surface area contributed by atoms with Gasteiger partial charge in [-0.05, 0) is 58.7 Å². The second kappa shape index (κ2) is 5.88. The van der Waals surface area contributed by atoms with Crippen molar-refractivity contribution in [2.24, 2.45) is 5.92 Å². The van der Waals surface area contributed by atoms with E-state index in [4.69, 9.17) is 0 Å². The van der Waals surface area contributed by atoms with Gasteiger partial charge in [-0.1, -0.05) is 0 Å². The van der Waals surface area contributed by atoms with Crippen LogP contribution >= 0.6 is 0 Å². The van der Waals surface area contributed by atoms with E-state index >= 15 is 0 Å². The summed E-state index contributed by atoms with van der Waals surface area (Å²) in [6.45, 7) is 4.55. The highest BCUT2D eigenvalue weighted by Crippen LogP contribution is 2.21. The maximum atomic E-state index is 11.6. The van der Waals surface area contributed by atoms with Crippen molar-refractivity contribution in [3.05, 3.63) is 0 Å². The highest BCUT2D eigenvalue weighted by Gasteiger charge is 2.28. The van der Waals surface area contributed by atoms with Crippen molar-refractivity contribution in [3.63, 3.8) is 0 Å². The van der Waals surface area contributed by atoms with Crippen LogP contribution in [0.1, 0.15) is 32.6 Å². The van der Waals surface area contributed by atoms with Gasteiger partial charge in [0.05, 0.1) is 11.5 Å². The van der Waals surface area contributed by atoms with Crippen LogP contribution in [0.5, 0.6) is 0 Å². The molecule has 2 atom stereocenters. The van der Waals surface area contributed by atoms with Crippen LogP contribution in [0.15, 0.2) is 0 Å². The van der Waals surface area contributed by atoms with Gasteiger partial charge in [-0.3, -0.25) is 0 Å². The molecule has 18 heavy (non-hydrogen) atoms. The Morgan fingerprint density at radius 2 is 1.89 bits per heavy atom. The third kappa shape index (κ3) is 3.93. The van der Waals surface area contributed by atoms with Crippen LogP contribution in [0.25, 0.3) is 0 Å². The number of rotatable bonds is 3. The van der Waals surface area contributed by atoms with Crippen molar-refractivity contribution in [2.75, 3.05) is 31.6 Å². The Kier molecular flexibility index (Phi) is 4.67. The average Bonchev–Trinajstić information content (AvgIpc) is 2.28. The molecule has 0 aromatic rings. The normalized spacial score (nSPS) is 32.2. The molecular formula is C13H26N2O2S. The van der Waals surface area contributed by atoms with Gasteiger partial charge in [0.15, 0.2) is 9.84 Å². The Morgan fingerprint density at radius 3 is 2.50 bits per heavy atom. The predicted octanol–water partition coefficient (Wildman–Crippen LogP) is 0.884. The molecule has 0 aromatic heterocycles. The Labute approximate surface area is 111 Å². The molecule has 5 heteroatoms. The number of sulfone groups is 1. The van der Waals surface area contributed by atoms with E-state index in [1.165, 1.54) is 25.9 Å². The lowest BCUT2D eigenvalue weighted by molar-refractivity contribution is 0.184. The molecule has 0 spiro atoms. The zero-order valence-electron chi connectivity index (χ0n) is 11.6. The van der Waals surface area contributed by atoms with Gasteiger partial charge in [0.1, 0.15) is 0 Å². The van der Waals surface area contributed by atoms with Gasteiger partial charge < -0.3 is 10.2 Å². The first-order valence-corrected chi connectivity index (χ1v) is 8.93. The predicted molar refractivity (Wildman–Crippen MR) is 74.5 cm³/mol. The highest BCUT2D eigenvalue weighted by molar-refractivity contribution is 7.91. The molecule has 2 aliphatic heterocycles. The molecule has 2 rings (SSSR count). The maximum Gasteiger partial charge on any atom is 0.151 e. The second-order valence-electron chi connectivity index (χ2n) is 6.05. The third-order valence-corrected chi connectivity index (χ3v) is 6.25. The van der Waals surface area contributed by atoms with E-state index < -0.39 is 9.84 Å². The maximum absolute atomic E-state index is 11.6. The van der Waals surface area contributed by atoms with Crippen molar-refractivity contribution in [2.45, 2.75) is 44.7 Å². The minimum absolute atomic E-state index is 0.179. The van der Waals surface area contributed by atoms with Crippen molar-refractivity contribution < 1.29 is 8.42 Å². The van der Waals surface area contributed by atoms with Gasteiger partial charge in [0.2, 0.25) is 0 Å². The fourth-order valence-corrected chi connectivity index (χ4v) is 4.84. The molecule has 0 radical (unpaired) electrons. The van der Waals surface area contributed by atoms with Crippen LogP contribution in [0.4, 0.5) is 0 Å². The topological polar surface area (TPSA) is 49.4 Å². The Balaban J connectivity index is 1.82. The summed E-state index contributed by atoms with van der Waals surface area (Å²) in [5, 5.41) is 3.56. The molecule has 4 nitrogen and oxygen atoms in total. The van der Waals surface area contributed by atoms with Crippen LogP contribution < -0.4 is 5.32 Å². The number of hydrogen-bond acceptors (Lipinski definition) is 4. The van der Waals surface area contributed by atoms with E-state index in [9.17, 15) is 8.42 Å². The van der Waals surface area contributed by atoms with Gasteiger partial charge in [-0.2, -0.15) is 0 Å². The fraction of sp³-hybridized carbons (Fsp3) is 1.00. The monoisotopic (exact) mass is 274 g/mol. The third-order valence-electron chi connectivity index (χ3n) is 4.43. The summed E-state index contributed by atoms with van der Waals surface area (Å²) in [6.07, 6.45) is 4.28. The molecule has 2 fully saturated rings. The molecule has 0 aromatic carbocycles. The molecule has 0 bridgehead atoms. The minimum atomic E-state index is -2.79. The van der Waals surface area contributed by atoms with Gasteiger partial charge in [0, 0.05) is 12.1 Å². The highest BCUT2D eigenvalue weighted by atomic mass is 32.2.